The van der Waals surface area contributed by atoms with E-state index in [1.807, 2.05) is 13.0 Å². The Balaban J connectivity index is 2.27. The van der Waals surface area contributed by atoms with E-state index in [-0.39, 0.29) is 11.8 Å². The van der Waals surface area contributed by atoms with Crippen LogP contribution < -0.4 is 5.32 Å². The molecule has 2 aromatic rings. The molecule has 100 valence electrons. The largest absolute Gasteiger partial charge is 0.356 e. The Labute approximate surface area is 114 Å². The Morgan fingerprint density at radius 3 is 2.58 bits per heavy atom. The van der Waals surface area contributed by atoms with Gasteiger partial charge in [0.2, 0.25) is 5.91 Å². The van der Waals surface area contributed by atoms with Crippen LogP contribution in [0.1, 0.15) is 25.8 Å². The molecule has 0 saturated carbocycles. The van der Waals surface area contributed by atoms with Crippen molar-refractivity contribution in [3.05, 3.63) is 48.0 Å². The van der Waals surface area contributed by atoms with Crippen molar-refractivity contribution in [1.82, 2.24) is 5.32 Å². The second-order valence-electron chi connectivity index (χ2n) is 4.84. The predicted octanol–water partition coefficient (Wildman–Crippen LogP) is 3.54. The highest BCUT2D eigenvalue weighted by Gasteiger charge is 2.17. The van der Waals surface area contributed by atoms with E-state index in [4.69, 9.17) is 0 Å². The van der Waals surface area contributed by atoms with Crippen molar-refractivity contribution in [2.45, 2.75) is 26.7 Å². The van der Waals surface area contributed by atoms with Crippen LogP contribution in [-0.4, -0.2) is 12.5 Å². The molecule has 2 rings (SSSR count). The molecule has 0 bridgehead atoms. The van der Waals surface area contributed by atoms with Crippen molar-refractivity contribution in [1.29, 1.82) is 0 Å². The van der Waals surface area contributed by atoms with Gasteiger partial charge in [0.15, 0.2) is 0 Å². The van der Waals surface area contributed by atoms with Crippen LogP contribution >= 0.6 is 0 Å². The van der Waals surface area contributed by atoms with Crippen LogP contribution in [0.15, 0.2) is 42.5 Å². The first-order valence-electron chi connectivity index (χ1n) is 7.00. The monoisotopic (exact) mass is 255 g/mol. The molecule has 0 spiro atoms. The number of hydrogen-bond donors (Lipinski definition) is 1. The molecule has 1 amide bonds. The lowest BCUT2D eigenvalue weighted by atomic mass is 9.92. The Morgan fingerprint density at radius 1 is 1.11 bits per heavy atom. The van der Waals surface area contributed by atoms with E-state index in [1.165, 1.54) is 16.3 Å². The van der Waals surface area contributed by atoms with Gasteiger partial charge in [-0.15, -0.1) is 0 Å². The summed E-state index contributed by atoms with van der Waals surface area (Å²) in [5, 5.41) is 5.42. The molecular weight excluding hydrogens is 234 g/mol. The van der Waals surface area contributed by atoms with Crippen LogP contribution in [0.3, 0.4) is 0 Å². The number of fused-ring (bicyclic) bond motifs is 1. The molecule has 0 aliphatic heterocycles. The highest BCUT2D eigenvalue weighted by molar-refractivity contribution is 5.86. The van der Waals surface area contributed by atoms with Crippen LogP contribution in [0, 0.1) is 5.92 Å². The minimum atomic E-state index is 0.0609. The molecule has 0 heterocycles. The minimum absolute atomic E-state index is 0.0609. The molecule has 1 N–H and O–H groups in total. The van der Waals surface area contributed by atoms with Gasteiger partial charge in [0, 0.05) is 12.5 Å². The third kappa shape index (κ3) is 3.14. The smallest absolute Gasteiger partial charge is 0.223 e. The van der Waals surface area contributed by atoms with Crippen LogP contribution in [0.2, 0.25) is 0 Å². The lowest BCUT2D eigenvalue weighted by Crippen LogP contribution is -2.31. The summed E-state index contributed by atoms with van der Waals surface area (Å²) in [5.41, 5.74) is 1.26. The van der Waals surface area contributed by atoms with Crippen molar-refractivity contribution in [2.24, 2.45) is 5.92 Å². The quantitative estimate of drug-likeness (QED) is 0.870. The second kappa shape index (κ2) is 6.37. The molecule has 1 atom stereocenters. The Kier molecular flexibility index (Phi) is 4.56. The normalized spacial score (nSPS) is 12.3. The molecule has 2 aromatic carbocycles. The van der Waals surface area contributed by atoms with Gasteiger partial charge in [-0.25, -0.2) is 0 Å². The van der Waals surface area contributed by atoms with Gasteiger partial charge in [-0.2, -0.15) is 0 Å². The lowest BCUT2D eigenvalue weighted by molar-refractivity contribution is -0.124. The fraction of sp³-hybridized carbons (Fsp3) is 0.353. The topological polar surface area (TPSA) is 29.1 Å². The zero-order valence-corrected chi connectivity index (χ0v) is 11.6. The van der Waals surface area contributed by atoms with Gasteiger partial charge in [-0.3, -0.25) is 4.79 Å². The van der Waals surface area contributed by atoms with Crippen molar-refractivity contribution in [2.75, 3.05) is 6.54 Å². The molecule has 0 fully saturated rings. The van der Waals surface area contributed by atoms with Crippen molar-refractivity contribution >= 4 is 16.7 Å². The Hall–Kier alpha value is -1.83. The van der Waals surface area contributed by atoms with E-state index >= 15 is 0 Å². The van der Waals surface area contributed by atoms with Crippen molar-refractivity contribution in [3.63, 3.8) is 0 Å². The second-order valence-corrected chi connectivity index (χ2v) is 4.84. The number of benzene rings is 2. The van der Waals surface area contributed by atoms with E-state index in [1.54, 1.807) is 0 Å². The van der Waals surface area contributed by atoms with Gasteiger partial charge in [0.1, 0.15) is 0 Å². The summed E-state index contributed by atoms with van der Waals surface area (Å²) < 4.78 is 0. The Bertz CT molecular complexity index is 557. The van der Waals surface area contributed by atoms with Crippen LogP contribution in [-0.2, 0) is 11.2 Å². The summed E-state index contributed by atoms with van der Waals surface area (Å²) in [6.07, 6.45) is 1.68. The maximum atomic E-state index is 12.0. The maximum absolute atomic E-state index is 12.0. The first-order valence-corrected chi connectivity index (χ1v) is 7.00. The zero-order chi connectivity index (χ0) is 13.7. The molecule has 0 aromatic heterocycles. The molecule has 0 radical (unpaired) electrons. The van der Waals surface area contributed by atoms with E-state index in [9.17, 15) is 4.79 Å². The summed E-state index contributed by atoms with van der Waals surface area (Å²) in [4.78, 5) is 12.0. The number of rotatable bonds is 5. The predicted molar refractivity (Wildman–Crippen MR) is 80.1 cm³/mol. The fourth-order valence-electron chi connectivity index (χ4n) is 2.48. The fourth-order valence-corrected chi connectivity index (χ4v) is 2.48. The molecular formula is C17H21NO. The average Bonchev–Trinajstić information content (AvgIpc) is 2.45. The SMILES string of the molecule is CCNC(=O)[C@H](CC)Cc1cccc2ccccc12. The summed E-state index contributed by atoms with van der Waals surface area (Å²) >= 11 is 0. The molecule has 0 unspecified atom stereocenters. The van der Waals surface area contributed by atoms with Crippen molar-refractivity contribution < 1.29 is 4.79 Å². The van der Waals surface area contributed by atoms with Crippen LogP contribution in [0.25, 0.3) is 10.8 Å². The number of carbonyl (C=O) groups is 1. The van der Waals surface area contributed by atoms with Gasteiger partial charge < -0.3 is 5.32 Å². The van der Waals surface area contributed by atoms with E-state index in [2.05, 4.69) is 48.6 Å². The number of amides is 1. The molecule has 2 heteroatoms. The summed E-state index contributed by atoms with van der Waals surface area (Å²) in [7, 11) is 0. The van der Waals surface area contributed by atoms with E-state index < -0.39 is 0 Å². The molecule has 0 saturated heterocycles. The lowest BCUT2D eigenvalue weighted by Gasteiger charge is -2.15. The number of hydrogen-bond acceptors (Lipinski definition) is 1. The molecule has 0 aliphatic rings. The third-order valence-electron chi connectivity index (χ3n) is 3.56. The summed E-state index contributed by atoms with van der Waals surface area (Å²) in [5.74, 6) is 0.226. The molecule has 0 aliphatic carbocycles. The maximum Gasteiger partial charge on any atom is 0.223 e. The molecule has 2 nitrogen and oxygen atoms in total. The van der Waals surface area contributed by atoms with Crippen LogP contribution in [0.5, 0.6) is 0 Å². The van der Waals surface area contributed by atoms with E-state index in [0.29, 0.717) is 6.54 Å². The number of carbonyl (C=O) groups excluding carboxylic acids is 1. The first kappa shape index (κ1) is 13.6. The zero-order valence-electron chi connectivity index (χ0n) is 11.6. The third-order valence-corrected chi connectivity index (χ3v) is 3.56. The summed E-state index contributed by atoms with van der Waals surface area (Å²) in [6, 6.07) is 14.7. The number of nitrogens with one attached hydrogen (secondary N) is 1. The van der Waals surface area contributed by atoms with Gasteiger partial charge in [0.25, 0.3) is 0 Å². The Morgan fingerprint density at radius 2 is 1.84 bits per heavy atom. The first-order chi connectivity index (χ1) is 9.26. The van der Waals surface area contributed by atoms with Gasteiger partial charge in [-0.05, 0) is 36.1 Å². The average molecular weight is 255 g/mol. The van der Waals surface area contributed by atoms with E-state index in [0.717, 1.165) is 12.8 Å². The van der Waals surface area contributed by atoms with Gasteiger partial charge >= 0.3 is 0 Å². The summed E-state index contributed by atoms with van der Waals surface area (Å²) in [6.45, 7) is 4.73. The minimum Gasteiger partial charge on any atom is -0.356 e. The van der Waals surface area contributed by atoms with Gasteiger partial charge in [0.05, 0.1) is 0 Å². The highest BCUT2D eigenvalue weighted by atomic mass is 16.1. The standard InChI is InChI=1S/C17H21NO/c1-3-13(17(19)18-4-2)12-15-10-7-9-14-8-5-6-11-16(14)15/h5-11,13H,3-4,12H2,1-2H3,(H,18,19)/t13-/m1/s1. The van der Waals surface area contributed by atoms with Crippen LogP contribution in [0.4, 0.5) is 0 Å². The highest BCUT2D eigenvalue weighted by Crippen LogP contribution is 2.22. The molecule has 19 heavy (non-hydrogen) atoms. The van der Waals surface area contributed by atoms with Gasteiger partial charge in [-0.1, -0.05) is 49.4 Å². The van der Waals surface area contributed by atoms with Crippen molar-refractivity contribution in [3.8, 4) is 0 Å².